The molecule has 1 amide bonds. The van der Waals surface area contributed by atoms with Crippen LogP contribution in [0.25, 0.3) is 0 Å². The summed E-state index contributed by atoms with van der Waals surface area (Å²) in [6.45, 7) is 5.69. The Labute approximate surface area is 89.0 Å². The Morgan fingerprint density at radius 2 is 2.00 bits per heavy atom. The third-order valence-electron chi connectivity index (χ3n) is 2.17. The molecule has 0 bridgehead atoms. The van der Waals surface area contributed by atoms with E-state index in [9.17, 15) is 4.79 Å². The van der Waals surface area contributed by atoms with Crippen LogP contribution in [0.1, 0.15) is 18.3 Å². The van der Waals surface area contributed by atoms with Gasteiger partial charge in [-0.15, -0.1) is 11.6 Å². The van der Waals surface area contributed by atoms with Gasteiger partial charge >= 0.3 is 0 Å². The van der Waals surface area contributed by atoms with Crippen molar-refractivity contribution in [2.75, 3.05) is 11.3 Å². The van der Waals surface area contributed by atoms with Crippen LogP contribution in [0.5, 0.6) is 0 Å². The number of nitrogens with one attached hydrogen (secondary N) is 1. The highest BCUT2D eigenvalue weighted by molar-refractivity contribution is 6.19. The smallest absolute Gasteiger partial charge is 0.242 e. The van der Waals surface area contributed by atoms with E-state index in [1.165, 1.54) is 0 Å². The number of nitrogens with zero attached hydrogens (tertiary/aromatic N) is 1. The molecule has 1 aromatic heterocycles. The first-order valence-corrected chi connectivity index (χ1v) is 5.11. The van der Waals surface area contributed by atoms with Crippen LogP contribution in [0.3, 0.4) is 0 Å². The summed E-state index contributed by atoms with van der Waals surface area (Å²) in [6.07, 6.45) is 0. The standard InChI is InChI=1S/C10H15ClN2O/c1-7(6-11)10(14)12-13-8(2)4-5-9(13)3/h4-5,7H,6H2,1-3H3,(H,12,14). The van der Waals surface area contributed by atoms with Crippen molar-refractivity contribution < 1.29 is 4.79 Å². The molecule has 1 heterocycles. The van der Waals surface area contributed by atoms with E-state index in [1.807, 2.05) is 26.0 Å². The summed E-state index contributed by atoms with van der Waals surface area (Å²) in [5.74, 6) is 0.117. The third-order valence-corrected chi connectivity index (χ3v) is 2.64. The highest BCUT2D eigenvalue weighted by Crippen LogP contribution is 2.06. The molecule has 1 atom stereocenters. The van der Waals surface area contributed by atoms with Crippen molar-refractivity contribution in [2.45, 2.75) is 20.8 Å². The first-order chi connectivity index (χ1) is 6.56. The van der Waals surface area contributed by atoms with Gasteiger partial charge in [0, 0.05) is 17.3 Å². The molecule has 3 nitrogen and oxygen atoms in total. The summed E-state index contributed by atoms with van der Waals surface area (Å²) < 4.78 is 1.77. The van der Waals surface area contributed by atoms with E-state index < -0.39 is 0 Å². The van der Waals surface area contributed by atoms with E-state index >= 15 is 0 Å². The predicted octanol–water partition coefficient (Wildman–Crippen LogP) is 2.05. The van der Waals surface area contributed by atoms with Crippen LogP contribution in [0.2, 0.25) is 0 Å². The second-order valence-electron chi connectivity index (χ2n) is 3.48. The predicted molar refractivity (Wildman–Crippen MR) is 58.2 cm³/mol. The van der Waals surface area contributed by atoms with E-state index in [-0.39, 0.29) is 11.8 Å². The molecule has 0 aliphatic rings. The molecule has 0 spiro atoms. The molecule has 0 aromatic carbocycles. The molecule has 0 fully saturated rings. The number of rotatable bonds is 3. The van der Waals surface area contributed by atoms with Gasteiger partial charge in [0.1, 0.15) is 0 Å². The normalized spacial score (nSPS) is 12.6. The molecule has 1 unspecified atom stereocenters. The second-order valence-corrected chi connectivity index (χ2v) is 3.79. The van der Waals surface area contributed by atoms with Gasteiger partial charge in [0.15, 0.2) is 0 Å². The Morgan fingerprint density at radius 1 is 1.50 bits per heavy atom. The largest absolute Gasteiger partial charge is 0.273 e. The van der Waals surface area contributed by atoms with Crippen LogP contribution in [-0.4, -0.2) is 16.5 Å². The van der Waals surface area contributed by atoms with Gasteiger partial charge in [-0.05, 0) is 26.0 Å². The molecule has 0 saturated carbocycles. The minimum absolute atomic E-state index is 0.0533. The van der Waals surface area contributed by atoms with Gasteiger partial charge in [-0.1, -0.05) is 6.92 Å². The maximum Gasteiger partial charge on any atom is 0.242 e. The zero-order valence-corrected chi connectivity index (χ0v) is 9.43. The molecule has 78 valence electrons. The summed E-state index contributed by atoms with van der Waals surface area (Å²) in [5, 5.41) is 0. The van der Waals surface area contributed by atoms with Crippen molar-refractivity contribution >= 4 is 17.5 Å². The monoisotopic (exact) mass is 214 g/mol. The van der Waals surface area contributed by atoms with Crippen LogP contribution >= 0.6 is 11.6 Å². The van der Waals surface area contributed by atoms with Crippen LogP contribution in [0.15, 0.2) is 12.1 Å². The summed E-state index contributed by atoms with van der Waals surface area (Å²) in [6, 6.07) is 3.92. The average Bonchev–Trinajstić information content (AvgIpc) is 2.48. The van der Waals surface area contributed by atoms with Gasteiger partial charge in [-0.2, -0.15) is 0 Å². The van der Waals surface area contributed by atoms with Gasteiger partial charge in [-0.25, -0.2) is 0 Å². The lowest BCUT2D eigenvalue weighted by Crippen LogP contribution is -2.30. The molecule has 14 heavy (non-hydrogen) atoms. The maximum absolute atomic E-state index is 11.5. The number of aryl methyl sites for hydroxylation is 2. The Hall–Kier alpha value is -0.960. The number of carbonyl (C=O) groups is 1. The molecule has 0 aliphatic carbocycles. The lowest BCUT2D eigenvalue weighted by atomic mass is 10.2. The van der Waals surface area contributed by atoms with E-state index in [1.54, 1.807) is 11.6 Å². The lowest BCUT2D eigenvalue weighted by molar-refractivity contribution is -0.119. The van der Waals surface area contributed by atoms with Crippen LogP contribution in [0.4, 0.5) is 0 Å². The highest BCUT2D eigenvalue weighted by atomic mass is 35.5. The molecule has 0 saturated heterocycles. The molecule has 1 aromatic rings. The summed E-state index contributed by atoms with van der Waals surface area (Å²) >= 11 is 5.60. The van der Waals surface area contributed by atoms with E-state index in [0.29, 0.717) is 5.88 Å². The maximum atomic E-state index is 11.5. The van der Waals surface area contributed by atoms with Gasteiger partial charge in [-0.3, -0.25) is 14.9 Å². The van der Waals surface area contributed by atoms with Crippen LogP contribution < -0.4 is 5.43 Å². The Kier molecular flexibility index (Phi) is 3.58. The minimum Gasteiger partial charge on any atom is -0.273 e. The van der Waals surface area contributed by atoms with Crippen molar-refractivity contribution in [3.63, 3.8) is 0 Å². The number of alkyl halides is 1. The van der Waals surface area contributed by atoms with Crippen molar-refractivity contribution in [1.29, 1.82) is 0 Å². The van der Waals surface area contributed by atoms with Crippen LogP contribution in [0, 0.1) is 19.8 Å². The Bertz CT molecular complexity index is 313. The first kappa shape index (κ1) is 11.1. The van der Waals surface area contributed by atoms with E-state index in [2.05, 4.69) is 5.43 Å². The fraction of sp³-hybridized carbons (Fsp3) is 0.500. The lowest BCUT2D eigenvalue weighted by Gasteiger charge is -2.13. The van der Waals surface area contributed by atoms with Crippen molar-refractivity contribution in [1.82, 2.24) is 4.68 Å². The zero-order chi connectivity index (χ0) is 10.7. The van der Waals surface area contributed by atoms with Crippen molar-refractivity contribution in [3.05, 3.63) is 23.5 Å². The minimum atomic E-state index is -0.169. The molecule has 1 N–H and O–H groups in total. The Morgan fingerprint density at radius 3 is 2.43 bits per heavy atom. The number of halogens is 1. The zero-order valence-electron chi connectivity index (χ0n) is 8.67. The fourth-order valence-corrected chi connectivity index (χ4v) is 1.28. The molecular formula is C10H15ClN2O. The molecule has 1 rings (SSSR count). The molecular weight excluding hydrogens is 200 g/mol. The van der Waals surface area contributed by atoms with Crippen molar-refractivity contribution in [3.8, 4) is 0 Å². The summed E-state index contributed by atoms with van der Waals surface area (Å²) in [7, 11) is 0. The quantitative estimate of drug-likeness (QED) is 0.768. The third kappa shape index (κ3) is 2.29. The van der Waals surface area contributed by atoms with E-state index in [0.717, 1.165) is 11.4 Å². The Balaban J connectivity index is 2.74. The number of aromatic nitrogens is 1. The van der Waals surface area contributed by atoms with Gasteiger partial charge < -0.3 is 0 Å². The van der Waals surface area contributed by atoms with Crippen LogP contribution in [-0.2, 0) is 4.79 Å². The molecule has 4 heteroatoms. The van der Waals surface area contributed by atoms with Gasteiger partial charge in [0.05, 0.1) is 5.92 Å². The molecule has 0 radical (unpaired) electrons. The number of carbonyl (C=O) groups excluding carboxylic acids is 1. The summed E-state index contributed by atoms with van der Waals surface area (Å²) in [5.41, 5.74) is 4.83. The topological polar surface area (TPSA) is 34.0 Å². The van der Waals surface area contributed by atoms with E-state index in [4.69, 9.17) is 11.6 Å². The van der Waals surface area contributed by atoms with Gasteiger partial charge in [0.2, 0.25) is 5.91 Å². The molecule has 0 aliphatic heterocycles. The number of hydrogen-bond donors (Lipinski definition) is 1. The second kappa shape index (κ2) is 4.51. The summed E-state index contributed by atoms with van der Waals surface area (Å²) in [4.78, 5) is 11.5. The number of amides is 1. The van der Waals surface area contributed by atoms with Gasteiger partial charge in [0.25, 0.3) is 0 Å². The first-order valence-electron chi connectivity index (χ1n) is 4.58. The average molecular weight is 215 g/mol. The fourth-order valence-electron chi connectivity index (χ4n) is 1.14. The number of hydrogen-bond acceptors (Lipinski definition) is 1. The highest BCUT2D eigenvalue weighted by Gasteiger charge is 2.12. The van der Waals surface area contributed by atoms with Crippen molar-refractivity contribution in [2.24, 2.45) is 5.92 Å². The SMILES string of the molecule is Cc1ccc(C)n1NC(=O)C(C)CCl.